The van der Waals surface area contributed by atoms with Gasteiger partial charge < -0.3 is 9.80 Å². The van der Waals surface area contributed by atoms with Gasteiger partial charge in [0.05, 0.1) is 0 Å². The third kappa shape index (κ3) is 6.29. The van der Waals surface area contributed by atoms with Gasteiger partial charge in [0.1, 0.15) is 0 Å². The average Bonchev–Trinajstić information content (AvgIpc) is 3.58. The molecule has 0 aliphatic heterocycles. The lowest BCUT2D eigenvalue weighted by Gasteiger charge is -2.53. The van der Waals surface area contributed by atoms with Crippen molar-refractivity contribution in [1.82, 2.24) is 0 Å². The highest BCUT2D eigenvalue weighted by Gasteiger charge is 2.58. The topological polar surface area (TPSA) is 6.48 Å². The molecular weight excluding hydrogens is 761 g/mol. The normalized spacial score (nSPS) is 13.4. The van der Waals surface area contributed by atoms with Crippen molar-refractivity contribution < 1.29 is 0 Å². The highest BCUT2D eigenvalue weighted by molar-refractivity contribution is 6.20. The summed E-state index contributed by atoms with van der Waals surface area (Å²) in [7, 11) is 0. The van der Waals surface area contributed by atoms with E-state index in [0.29, 0.717) is 0 Å². The lowest BCUT2D eigenvalue weighted by molar-refractivity contribution is 0.0965. The van der Waals surface area contributed by atoms with E-state index in [4.69, 9.17) is 0 Å². The molecule has 0 saturated carbocycles. The summed E-state index contributed by atoms with van der Waals surface area (Å²) in [4.78, 5) is 4.88. The van der Waals surface area contributed by atoms with E-state index in [1.165, 1.54) is 88.2 Å². The standard InChI is InChI=1S/C61H58N2/c1-39-25-27-41(3)55(33-39)62(45-19-13-11-14-20-45)47-30-29-43-36-53-54(37-44(43)35-47)61(59(5,6)7,60(8,9)10)58-51-32-31-48(38-52(51)49-23-17-18-24-50(49)57(53)58)63(46-21-15-12-16-22-46)56-34-40(2)26-28-42(56)4/h11-38H,1-10H3. The van der Waals surface area contributed by atoms with Crippen molar-refractivity contribution in [2.24, 2.45) is 10.8 Å². The smallest absolute Gasteiger partial charge is 0.0493 e. The molecule has 2 nitrogen and oxygen atoms in total. The minimum absolute atomic E-state index is 0.159. The molecule has 2 heteroatoms. The zero-order valence-corrected chi connectivity index (χ0v) is 38.6. The first-order valence-corrected chi connectivity index (χ1v) is 22.6. The fourth-order valence-corrected chi connectivity index (χ4v) is 11.7. The lowest BCUT2D eigenvalue weighted by atomic mass is 9.49. The number of benzene rings is 9. The van der Waals surface area contributed by atoms with Gasteiger partial charge in [-0.2, -0.15) is 0 Å². The van der Waals surface area contributed by atoms with Crippen molar-refractivity contribution in [3.63, 3.8) is 0 Å². The summed E-state index contributed by atoms with van der Waals surface area (Å²) in [6.07, 6.45) is 0. The number of hydrogen-bond acceptors (Lipinski definition) is 2. The monoisotopic (exact) mass is 818 g/mol. The number of anilines is 6. The van der Waals surface area contributed by atoms with Crippen molar-refractivity contribution in [2.45, 2.75) is 74.7 Å². The summed E-state index contributed by atoms with van der Waals surface area (Å²) in [5.41, 5.74) is 16.9. The summed E-state index contributed by atoms with van der Waals surface area (Å²) in [6, 6.07) is 63.9. The zero-order chi connectivity index (χ0) is 44.0. The van der Waals surface area contributed by atoms with E-state index in [9.17, 15) is 0 Å². The molecule has 312 valence electrons. The highest BCUT2D eigenvalue weighted by Crippen LogP contribution is 2.68. The number of rotatable bonds is 6. The molecule has 0 atom stereocenters. The Hall–Kier alpha value is -6.64. The van der Waals surface area contributed by atoms with Crippen LogP contribution in [0.3, 0.4) is 0 Å². The second-order valence-electron chi connectivity index (χ2n) is 20.1. The third-order valence-electron chi connectivity index (χ3n) is 14.0. The molecule has 9 aromatic rings. The van der Waals surface area contributed by atoms with Crippen LogP contribution in [0.5, 0.6) is 0 Å². The Morgan fingerprint density at radius 1 is 0.381 bits per heavy atom. The van der Waals surface area contributed by atoms with E-state index in [2.05, 4.69) is 249 Å². The van der Waals surface area contributed by atoms with Crippen LogP contribution in [0.25, 0.3) is 43.4 Å². The van der Waals surface area contributed by atoms with Crippen molar-refractivity contribution in [2.75, 3.05) is 9.80 Å². The van der Waals surface area contributed by atoms with Gasteiger partial charge in [-0.1, -0.05) is 139 Å². The molecule has 9 aromatic carbocycles. The summed E-state index contributed by atoms with van der Waals surface area (Å²) in [5.74, 6) is 0. The molecule has 0 N–H and O–H groups in total. The van der Waals surface area contributed by atoms with Gasteiger partial charge in [-0.05, 0) is 188 Å². The second-order valence-corrected chi connectivity index (χ2v) is 20.1. The third-order valence-corrected chi connectivity index (χ3v) is 14.0. The first-order valence-electron chi connectivity index (χ1n) is 22.6. The zero-order valence-electron chi connectivity index (χ0n) is 38.6. The van der Waals surface area contributed by atoms with Gasteiger partial charge in [0, 0.05) is 39.5 Å². The minimum atomic E-state index is -0.350. The summed E-state index contributed by atoms with van der Waals surface area (Å²) >= 11 is 0. The van der Waals surface area contributed by atoms with Crippen LogP contribution >= 0.6 is 0 Å². The maximum absolute atomic E-state index is 2.57. The summed E-state index contributed by atoms with van der Waals surface area (Å²) < 4.78 is 0. The van der Waals surface area contributed by atoms with Crippen molar-refractivity contribution >= 4 is 66.4 Å². The molecule has 0 saturated heterocycles. The average molecular weight is 819 g/mol. The first kappa shape index (κ1) is 40.4. The van der Waals surface area contributed by atoms with Gasteiger partial charge in [-0.25, -0.2) is 0 Å². The Balaban J connectivity index is 1.27. The molecule has 0 aromatic heterocycles. The number of fused-ring (bicyclic) bond motifs is 9. The van der Waals surface area contributed by atoms with Crippen LogP contribution < -0.4 is 9.80 Å². The number of para-hydroxylation sites is 2. The predicted molar refractivity (Wildman–Crippen MR) is 272 cm³/mol. The van der Waals surface area contributed by atoms with Crippen LogP contribution in [-0.4, -0.2) is 0 Å². The number of hydrogen-bond donors (Lipinski definition) is 0. The minimum Gasteiger partial charge on any atom is -0.310 e. The molecule has 0 unspecified atom stereocenters. The van der Waals surface area contributed by atoms with Gasteiger partial charge in [-0.3, -0.25) is 0 Å². The van der Waals surface area contributed by atoms with Crippen LogP contribution in [-0.2, 0) is 5.41 Å². The largest absolute Gasteiger partial charge is 0.310 e. The summed E-state index contributed by atoms with van der Waals surface area (Å²) in [6.45, 7) is 23.7. The van der Waals surface area contributed by atoms with Crippen molar-refractivity contribution in [1.29, 1.82) is 0 Å². The fraction of sp³-hybridized carbons (Fsp3) is 0.213. The van der Waals surface area contributed by atoms with Crippen molar-refractivity contribution in [3.8, 4) is 11.1 Å². The van der Waals surface area contributed by atoms with Gasteiger partial charge in [-0.15, -0.1) is 0 Å². The Kier molecular flexibility index (Phi) is 9.46. The van der Waals surface area contributed by atoms with E-state index in [-0.39, 0.29) is 16.2 Å². The molecule has 0 bridgehead atoms. The molecule has 0 spiro atoms. The van der Waals surface area contributed by atoms with E-state index >= 15 is 0 Å². The molecule has 10 rings (SSSR count). The summed E-state index contributed by atoms with van der Waals surface area (Å²) in [5, 5.41) is 7.73. The molecule has 1 aliphatic carbocycles. The Morgan fingerprint density at radius 3 is 1.44 bits per heavy atom. The Labute approximate surface area is 374 Å². The second kappa shape index (κ2) is 14.7. The Morgan fingerprint density at radius 2 is 0.889 bits per heavy atom. The van der Waals surface area contributed by atoms with Crippen LogP contribution in [0.1, 0.15) is 74.9 Å². The SMILES string of the molecule is Cc1ccc(C)c(N(c2ccccc2)c2ccc3cc4c(cc3c2)C(C(C)(C)C)(C(C)(C)C)c2c-4c3ccccc3c3cc(N(c4ccccc4)c4cc(C)ccc4C)ccc23)c1. The van der Waals surface area contributed by atoms with Crippen LogP contribution in [0, 0.1) is 38.5 Å². The fourth-order valence-electron chi connectivity index (χ4n) is 11.7. The van der Waals surface area contributed by atoms with E-state index in [1.807, 2.05) is 0 Å². The molecular formula is C61H58N2. The van der Waals surface area contributed by atoms with Gasteiger partial charge in [0.2, 0.25) is 0 Å². The van der Waals surface area contributed by atoms with Crippen molar-refractivity contribution in [3.05, 3.63) is 203 Å². The molecule has 63 heavy (non-hydrogen) atoms. The lowest BCUT2D eigenvalue weighted by Crippen LogP contribution is -2.50. The van der Waals surface area contributed by atoms with Gasteiger partial charge >= 0.3 is 0 Å². The Bertz CT molecular complexity index is 3220. The van der Waals surface area contributed by atoms with Gasteiger partial charge in [0.25, 0.3) is 0 Å². The maximum Gasteiger partial charge on any atom is 0.0493 e. The first-order chi connectivity index (χ1) is 30.2. The molecule has 0 radical (unpaired) electrons. The number of nitrogens with zero attached hydrogens (tertiary/aromatic N) is 2. The number of aryl methyl sites for hydroxylation is 4. The predicted octanol–water partition coefficient (Wildman–Crippen LogP) is 17.7. The van der Waals surface area contributed by atoms with E-state index in [1.54, 1.807) is 0 Å². The van der Waals surface area contributed by atoms with Crippen LogP contribution in [0.4, 0.5) is 34.1 Å². The molecule has 0 amide bonds. The quantitative estimate of drug-likeness (QED) is 0.154. The molecule has 0 heterocycles. The van der Waals surface area contributed by atoms with Crippen LogP contribution in [0.2, 0.25) is 0 Å². The molecule has 1 aliphatic rings. The molecule has 0 fully saturated rings. The van der Waals surface area contributed by atoms with Crippen LogP contribution in [0.15, 0.2) is 170 Å². The highest BCUT2D eigenvalue weighted by atomic mass is 15.1. The maximum atomic E-state index is 2.57. The van der Waals surface area contributed by atoms with E-state index in [0.717, 1.165) is 22.7 Å². The van der Waals surface area contributed by atoms with E-state index < -0.39 is 0 Å². The van der Waals surface area contributed by atoms with Gasteiger partial charge in [0.15, 0.2) is 0 Å².